The minimum absolute atomic E-state index is 0.0429. The average Bonchev–Trinajstić information content (AvgIpc) is 3.54. The number of fused-ring (bicyclic) bond motifs is 2. The fourth-order valence-corrected chi connectivity index (χ4v) is 15.0. The van der Waals surface area contributed by atoms with Crippen LogP contribution in [0.5, 0.6) is 11.5 Å². The Kier molecular flexibility index (Phi) is 21.3. The highest BCUT2D eigenvalue weighted by atomic mass is 32.2. The van der Waals surface area contributed by atoms with Crippen molar-refractivity contribution in [1.29, 1.82) is 0 Å². The Morgan fingerprint density at radius 3 is 1.15 bits per heavy atom. The number of carboxylic acids is 2. The van der Waals surface area contributed by atoms with E-state index >= 15 is 0 Å². The molecule has 0 spiro atoms. The lowest BCUT2D eigenvalue weighted by molar-refractivity contribution is -0.160. The molecule has 0 unspecified atom stereocenters. The lowest BCUT2D eigenvalue weighted by Crippen LogP contribution is -2.41. The molecule has 0 saturated carbocycles. The van der Waals surface area contributed by atoms with Crippen molar-refractivity contribution in [2.75, 3.05) is 60.1 Å². The van der Waals surface area contributed by atoms with E-state index in [2.05, 4.69) is 37.5 Å². The van der Waals surface area contributed by atoms with Gasteiger partial charge in [-0.15, -0.1) is 23.5 Å². The largest absolute Gasteiger partial charge is 0.489 e. The molecule has 2 aliphatic rings. The maximum Gasteiger partial charge on any atom is 0.339 e. The number of hydrogen-bond donors (Lipinski definition) is 4. The summed E-state index contributed by atoms with van der Waals surface area (Å²) in [6, 6.07) is 26.4. The number of aliphatic carboxylic acids is 2. The molecule has 4 aromatic rings. The average molecular weight is 1100 g/mol. The Balaban J connectivity index is 0.000000274. The van der Waals surface area contributed by atoms with Crippen LogP contribution in [-0.4, -0.2) is 111 Å². The van der Waals surface area contributed by atoms with Gasteiger partial charge >= 0.3 is 11.9 Å². The maximum absolute atomic E-state index is 14.0. The molecule has 0 bridgehead atoms. The first-order chi connectivity index (χ1) is 35.0. The van der Waals surface area contributed by atoms with Gasteiger partial charge in [0.25, 0.3) is 0 Å². The lowest BCUT2D eigenvalue weighted by Gasteiger charge is -2.37. The Hall–Kier alpha value is -4.46. The molecule has 18 heteroatoms. The van der Waals surface area contributed by atoms with Gasteiger partial charge in [0, 0.05) is 47.4 Å². The van der Waals surface area contributed by atoms with Crippen molar-refractivity contribution >= 4 is 77.9 Å². The summed E-state index contributed by atoms with van der Waals surface area (Å²) in [6.45, 7) is 11.0. The summed E-state index contributed by atoms with van der Waals surface area (Å²) in [4.78, 5) is 28.7. The van der Waals surface area contributed by atoms with Crippen molar-refractivity contribution in [3.8, 4) is 11.5 Å². The van der Waals surface area contributed by atoms with Crippen LogP contribution in [0.15, 0.2) is 105 Å². The highest BCUT2D eigenvalue weighted by Crippen LogP contribution is 2.50. The van der Waals surface area contributed by atoms with E-state index in [4.69, 9.17) is 9.47 Å². The van der Waals surface area contributed by atoms with E-state index in [0.29, 0.717) is 34.3 Å². The molecule has 74 heavy (non-hydrogen) atoms. The summed E-state index contributed by atoms with van der Waals surface area (Å²) in [5.74, 6) is -2.24. The van der Waals surface area contributed by atoms with E-state index < -0.39 is 66.9 Å². The van der Waals surface area contributed by atoms with Gasteiger partial charge in [0.15, 0.2) is 30.9 Å². The number of hydrogen-bond acceptors (Lipinski definition) is 14. The topological polar surface area (TPSA) is 208 Å². The number of anilines is 4. The molecular formula is C56H78N2O12S4. The zero-order valence-electron chi connectivity index (χ0n) is 44.4. The summed E-state index contributed by atoms with van der Waals surface area (Å²) in [6.07, 6.45) is 14.8. The smallest absolute Gasteiger partial charge is 0.339 e. The highest BCUT2D eigenvalue weighted by molar-refractivity contribution is 7.99. The second kappa shape index (κ2) is 26.1. The fourth-order valence-electron chi connectivity index (χ4n) is 9.72. The van der Waals surface area contributed by atoms with Crippen LogP contribution in [0, 0.1) is 10.8 Å². The van der Waals surface area contributed by atoms with Crippen LogP contribution >= 0.6 is 23.5 Å². The summed E-state index contributed by atoms with van der Waals surface area (Å²) in [7, 11) is -7.43. The van der Waals surface area contributed by atoms with Crippen LogP contribution in [0.2, 0.25) is 0 Å². The Bertz CT molecular complexity index is 2530. The number of para-hydroxylation sites is 2. The van der Waals surface area contributed by atoms with Crippen molar-refractivity contribution in [3.05, 3.63) is 84.9 Å². The maximum atomic E-state index is 14.0. The van der Waals surface area contributed by atoms with Gasteiger partial charge in [-0.2, -0.15) is 0 Å². The highest BCUT2D eigenvalue weighted by Gasteiger charge is 2.45. The van der Waals surface area contributed by atoms with Crippen LogP contribution < -0.4 is 19.3 Å². The van der Waals surface area contributed by atoms with E-state index in [0.717, 1.165) is 102 Å². The monoisotopic (exact) mass is 1100 g/mol. The SMILES string of the molecule is CCCCC1(CCCC)CN(c2ccccc2)c2cc(SC)c(OC[C@@](C)(O)C(=O)O)cc2S(=O)(=O)C1.CCCCC1(CCCC)CN(c2ccccc2)c2cc(SC)c(OC[C@](C)(O)C(=O)O)cc2S(=O)(=O)C1. The molecule has 2 atom stereocenters. The summed E-state index contributed by atoms with van der Waals surface area (Å²) in [5.41, 5.74) is -1.98. The standard InChI is InChI=1S/2C28H39NO6S2/c2*1-5-7-14-28(15-8-6-2)18-29(21-12-10-9-11-13-21)22-16-24(36-4)23(17-25(22)37(33,34)20-28)35-19-27(3,32)26(30)31/h2*9-13,16-17,32H,5-8,14-15,18-20H2,1-4H3,(H,30,31)/t2*27-/m10/s1. The van der Waals surface area contributed by atoms with E-state index in [1.807, 2.05) is 85.3 Å². The zero-order chi connectivity index (χ0) is 54.5. The lowest BCUT2D eigenvalue weighted by atomic mass is 9.79. The van der Waals surface area contributed by atoms with Crippen molar-refractivity contribution in [2.45, 2.75) is 149 Å². The number of rotatable bonds is 24. The minimum Gasteiger partial charge on any atom is -0.489 e. The molecular weight excluding hydrogens is 1020 g/mol. The van der Waals surface area contributed by atoms with E-state index in [1.165, 1.54) is 35.7 Å². The number of benzene rings is 4. The third-order valence-corrected chi connectivity index (χ3v) is 19.5. The fraction of sp³-hybridized carbons (Fsp3) is 0.536. The van der Waals surface area contributed by atoms with Crippen LogP contribution in [0.3, 0.4) is 0 Å². The molecule has 4 aromatic carbocycles. The number of aliphatic hydroxyl groups is 2. The second-order valence-corrected chi connectivity index (χ2v) is 26.1. The van der Waals surface area contributed by atoms with E-state index in [1.54, 1.807) is 0 Å². The molecule has 2 aliphatic heterocycles. The zero-order valence-corrected chi connectivity index (χ0v) is 47.7. The summed E-state index contributed by atoms with van der Waals surface area (Å²) >= 11 is 2.77. The first kappa shape index (κ1) is 60.4. The molecule has 0 aliphatic carbocycles. The van der Waals surface area contributed by atoms with Crippen LogP contribution in [-0.2, 0) is 29.3 Å². The van der Waals surface area contributed by atoms with Crippen LogP contribution in [0.4, 0.5) is 22.7 Å². The van der Waals surface area contributed by atoms with E-state index in [-0.39, 0.29) is 32.8 Å². The number of nitrogens with zero attached hydrogens (tertiary/aromatic N) is 2. The van der Waals surface area contributed by atoms with Gasteiger partial charge in [-0.1, -0.05) is 115 Å². The first-order valence-electron chi connectivity index (χ1n) is 25.7. The molecule has 408 valence electrons. The number of unbranched alkanes of at least 4 members (excludes halogenated alkanes) is 4. The van der Waals surface area contributed by atoms with Gasteiger partial charge < -0.3 is 39.7 Å². The molecule has 6 rings (SSSR count). The molecule has 4 N–H and O–H groups in total. The molecule has 14 nitrogen and oxygen atoms in total. The van der Waals surface area contributed by atoms with E-state index in [9.17, 15) is 46.9 Å². The van der Waals surface area contributed by atoms with Crippen molar-refractivity contribution in [1.82, 2.24) is 0 Å². The number of thioether (sulfide) groups is 2. The molecule has 0 aromatic heterocycles. The number of sulfone groups is 2. The quantitative estimate of drug-likeness (QED) is 0.0481. The van der Waals surface area contributed by atoms with Crippen LogP contribution in [0.1, 0.15) is 119 Å². The Morgan fingerprint density at radius 1 is 0.568 bits per heavy atom. The van der Waals surface area contributed by atoms with Gasteiger partial charge in [-0.05, 0) is 88.4 Å². The van der Waals surface area contributed by atoms with Crippen molar-refractivity contribution in [3.63, 3.8) is 0 Å². The first-order valence-corrected chi connectivity index (χ1v) is 31.4. The van der Waals surface area contributed by atoms with Gasteiger partial charge in [0.05, 0.1) is 42.5 Å². The molecule has 0 amide bonds. The van der Waals surface area contributed by atoms with Gasteiger partial charge in [0.2, 0.25) is 0 Å². The Morgan fingerprint density at radius 2 is 0.878 bits per heavy atom. The number of carboxylic acid groups (broad SMARTS) is 2. The second-order valence-electron chi connectivity index (χ2n) is 20.5. The molecule has 0 fully saturated rings. The summed E-state index contributed by atoms with van der Waals surface area (Å²) in [5, 5.41) is 38.9. The number of ether oxygens (including phenoxy) is 2. The van der Waals surface area contributed by atoms with Gasteiger partial charge in [-0.25, -0.2) is 26.4 Å². The van der Waals surface area contributed by atoms with Crippen LogP contribution in [0.25, 0.3) is 0 Å². The molecule has 0 saturated heterocycles. The predicted molar refractivity (Wildman–Crippen MR) is 298 cm³/mol. The third-order valence-electron chi connectivity index (χ3n) is 14.0. The van der Waals surface area contributed by atoms with Gasteiger partial charge in [0.1, 0.15) is 24.7 Å². The third kappa shape index (κ3) is 14.9. The van der Waals surface area contributed by atoms with Crippen molar-refractivity contribution in [2.24, 2.45) is 10.8 Å². The predicted octanol–water partition coefficient (Wildman–Crippen LogP) is 11.8. The molecule has 2 heterocycles. The number of carbonyl (C=O) groups is 2. The van der Waals surface area contributed by atoms with Gasteiger partial charge in [-0.3, -0.25) is 0 Å². The minimum atomic E-state index is -3.72. The Labute approximate surface area is 448 Å². The normalized spacial score (nSPS) is 17.9. The summed E-state index contributed by atoms with van der Waals surface area (Å²) < 4.78 is 67.6. The van der Waals surface area contributed by atoms with Crippen molar-refractivity contribution < 1.29 is 56.3 Å². The molecule has 0 radical (unpaired) electrons.